The number of aromatic nitrogens is 1. The minimum atomic E-state index is 0.859. The molecular formula is C14H19N. The van der Waals surface area contributed by atoms with E-state index in [0.29, 0.717) is 0 Å². The van der Waals surface area contributed by atoms with Crippen molar-refractivity contribution in [1.29, 1.82) is 0 Å². The summed E-state index contributed by atoms with van der Waals surface area (Å²) in [5.41, 5.74) is 4.21. The van der Waals surface area contributed by atoms with Crippen LogP contribution in [0.4, 0.5) is 0 Å². The summed E-state index contributed by atoms with van der Waals surface area (Å²) in [5, 5.41) is 1.36. The smallest absolute Gasteiger partial charge is 0.0483 e. The highest BCUT2D eigenvalue weighted by Crippen LogP contribution is 2.41. The normalized spacial score (nSPS) is 14.9. The maximum absolute atomic E-state index is 3.27. The summed E-state index contributed by atoms with van der Waals surface area (Å²) in [5.74, 6) is 0.859. The third-order valence-electron chi connectivity index (χ3n) is 2.93. The van der Waals surface area contributed by atoms with Crippen LogP contribution in [0.3, 0.4) is 0 Å². The standard InChI is InChI=1S/C12H13N.C2H6/c1-8-6-11(9-2-3-9)7-10-4-5-13-12(8)10;1-2/h4-7,9,13H,2-3H2,1H3;1-2H3. The molecule has 0 bridgehead atoms. The fourth-order valence-electron chi connectivity index (χ4n) is 2.04. The molecular weight excluding hydrogens is 182 g/mol. The molecule has 0 unspecified atom stereocenters. The van der Waals surface area contributed by atoms with Crippen LogP contribution in [-0.4, -0.2) is 4.98 Å². The Morgan fingerprint density at radius 3 is 2.60 bits per heavy atom. The van der Waals surface area contributed by atoms with Crippen LogP contribution < -0.4 is 0 Å². The molecule has 0 atom stereocenters. The Labute approximate surface area is 91.5 Å². The van der Waals surface area contributed by atoms with Gasteiger partial charge in [0.15, 0.2) is 0 Å². The number of hydrogen-bond donors (Lipinski definition) is 1. The summed E-state index contributed by atoms with van der Waals surface area (Å²) in [6.07, 6.45) is 4.79. The molecule has 1 saturated carbocycles. The van der Waals surface area contributed by atoms with Gasteiger partial charge in [-0.3, -0.25) is 0 Å². The molecule has 0 spiro atoms. The second-order valence-electron chi connectivity index (χ2n) is 4.05. The largest absolute Gasteiger partial charge is 0.361 e. The van der Waals surface area contributed by atoms with Crippen LogP contribution >= 0.6 is 0 Å². The Morgan fingerprint density at radius 2 is 1.93 bits per heavy atom. The first-order valence-corrected chi connectivity index (χ1v) is 5.92. The van der Waals surface area contributed by atoms with Gasteiger partial charge in [-0.2, -0.15) is 0 Å². The number of rotatable bonds is 1. The van der Waals surface area contributed by atoms with Crippen molar-refractivity contribution < 1.29 is 0 Å². The van der Waals surface area contributed by atoms with Crippen molar-refractivity contribution in [3.8, 4) is 0 Å². The Bertz CT molecular complexity index is 449. The lowest BCUT2D eigenvalue weighted by molar-refractivity contribution is 1.13. The van der Waals surface area contributed by atoms with Gasteiger partial charge in [0.2, 0.25) is 0 Å². The predicted molar refractivity (Wildman–Crippen MR) is 66.4 cm³/mol. The molecule has 1 aromatic carbocycles. The number of fused-ring (bicyclic) bond motifs is 1. The summed E-state index contributed by atoms with van der Waals surface area (Å²) in [4.78, 5) is 3.27. The topological polar surface area (TPSA) is 15.8 Å². The van der Waals surface area contributed by atoms with E-state index in [2.05, 4.69) is 30.1 Å². The number of nitrogens with one attached hydrogen (secondary N) is 1. The summed E-state index contributed by atoms with van der Waals surface area (Å²) < 4.78 is 0. The average Bonchev–Trinajstić information content (AvgIpc) is 3.00. The minimum absolute atomic E-state index is 0.859. The van der Waals surface area contributed by atoms with Gasteiger partial charge >= 0.3 is 0 Å². The van der Waals surface area contributed by atoms with Gasteiger partial charge in [0, 0.05) is 11.7 Å². The molecule has 0 aliphatic heterocycles. The highest BCUT2D eigenvalue weighted by atomic mass is 14.7. The molecule has 3 rings (SSSR count). The van der Waals surface area contributed by atoms with Crippen LogP contribution in [-0.2, 0) is 0 Å². The van der Waals surface area contributed by atoms with Crippen molar-refractivity contribution in [2.45, 2.75) is 39.5 Å². The van der Waals surface area contributed by atoms with Crippen molar-refractivity contribution >= 4 is 10.9 Å². The molecule has 1 aliphatic rings. The van der Waals surface area contributed by atoms with E-state index in [1.54, 1.807) is 0 Å². The fraction of sp³-hybridized carbons (Fsp3) is 0.429. The van der Waals surface area contributed by atoms with Gasteiger partial charge in [0.25, 0.3) is 0 Å². The van der Waals surface area contributed by atoms with Crippen molar-refractivity contribution in [3.63, 3.8) is 0 Å². The van der Waals surface area contributed by atoms with E-state index in [-0.39, 0.29) is 0 Å². The van der Waals surface area contributed by atoms with Crippen LogP contribution in [0.1, 0.15) is 43.7 Å². The molecule has 0 saturated heterocycles. The van der Waals surface area contributed by atoms with E-state index in [1.807, 2.05) is 20.0 Å². The van der Waals surface area contributed by atoms with Gasteiger partial charge < -0.3 is 4.98 Å². The summed E-state index contributed by atoms with van der Waals surface area (Å²) >= 11 is 0. The minimum Gasteiger partial charge on any atom is -0.361 e. The number of aryl methyl sites for hydroxylation is 1. The maximum Gasteiger partial charge on any atom is 0.0483 e. The van der Waals surface area contributed by atoms with Crippen molar-refractivity contribution in [2.24, 2.45) is 0 Å². The molecule has 1 N–H and O–H groups in total. The molecule has 1 heterocycles. The second-order valence-corrected chi connectivity index (χ2v) is 4.05. The zero-order chi connectivity index (χ0) is 10.8. The lowest BCUT2D eigenvalue weighted by Gasteiger charge is -2.01. The molecule has 1 aliphatic carbocycles. The van der Waals surface area contributed by atoms with Crippen LogP contribution in [0.2, 0.25) is 0 Å². The maximum atomic E-state index is 3.27. The van der Waals surface area contributed by atoms with Gasteiger partial charge in [-0.15, -0.1) is 0 Å². The highest BCUT2D eigenvalue weighted by Gasteiger charge is 2.23. The van der Waals surface area contributed by atoms with E-state index in [4.69, 9.17) is 0 Å². The molecule has 1 aromatic heterocycles. The Kier molecular flexibility index (Phi) is 2.81. The number of hydrogen-bond acceptors (Lipinski definition) is 0. The van der Waals surface area contributed by atoms with E-state index in [9.17, 15) is 0 Å². The van der Waals surface area contributed by atoms with E-state index in [1.165, 1.54) is 34.9 Å². The molecule has 1 fully saturated rings. The van der Waals surface area contributed by atoms with Crippen molar-refractivity contribution in [2.75, 3.05) is 0 Å². The predicted octanol–water partition coefficient (Wildman–Crippen LogP) is 4.38. The zero-order valence-corrected chi connectivity index (χ0v) is 9.80. The quantitative estimate of drug-likeness (QED) is 0.704. The monoisotopic (exact) mass is 201 g/mol. The molecule has 15 heavy (non-hydrogen) atoms. The highest BCUT2D eigenvalue weighted by molar-refractivity contribution is 5.83. The molecule has 0 radical (unpaired) electrons. The van der Waals surface area contributed by atoms with Crippen LogP contribution in [0, 0.1) is 6.92 Å². The molecule has 0 amide bonds. The van der Waals surface area contributed by atoms with E-state index >= 15 is 0 Å². The van der Waals surface area contributed by atoms with Gasteiger partial charge in [-0.05, 0) is 54.3 Å². The molecule has 1 heteroatoms. The first-order valence-electron chi connectivity index (χ1n) is 5.92. The first-order chi connectivity index (χ1) is 7.34. The van der Waals surface area contributed by atoms with Crippen LogP contribution in [0.5, 0.6) is 0 Å². The SMILES string of the molecule is CC.Cc1cc(C2CC2)cc2cc[nH]c12. The zero-order valence-electron chi connectivity index (χ0n) is 9.80. The summed E-state index contributed by atoms with van der Waals surface area (Å²) in [6.45, 7) is 6.19. The lowest BCUT2D eigenvalue weighted by atomic mass is 10.0. The first kappa shape index (κ1) is 10.3. The van der Waals surface area contributed by atoms with Gasteiger partial charge in [-0.25, -0.2) is 0 Å². The third kappa shape index (κ3) is 1.92. The van der Waals surface area contributed by atoms with Crippen LogP contribution in [0.15, 0.2) is 24.4 Å². The van der Waals surface area contributed by atoms with Crippen LogP contribution in [0.25, 0.3) is 10.9 Å². The number of benzene rings is 1. The van der Waals surface area contributed by atoms with Gasteiger partial charge in [0.05, 0.1) is 0 Å². The lowest BCUT2D eigenvalue weighted by Crippen LogP contribution is -1.82. The van der Waals surface area contributed by atoms with Crippen molar-refractivity contribution in [3.05, 3.63) is 35.5 Å². The number of aromatic amines is 1. The van der Waals surface area contributed by atoms with Gasteiger partial charge in [-0.1, -0.05) is 19.9 Å². The number of H-pyrrole nitrogens is 1. The van der Waals surface area contributed by atoms with E-state index < -0.39 is 0 Å². The van der Waals surface area contributed by atoms with E-state index in [0.717, 1.165) is 5.92 Å². The fourth-order valence-corrected chi connectivity index (χ4v) is 2.04. The molecule has 2 aromatic rings. The Morgan fingerprint density at radius 1 is 1.20 bits per heavy atom. The average molecular weight is 201 g/mol. The summed E-state index contributed by atoms with van der Waals surface area (Å²) in [7, 11) is 0. The Hall–Kier alpha value is -1.24. The van der Waals surface area contributed by atoms with Gasteiger partial charge in [0.1, 0.15) is 0 Å². The molecule has 1 nitrogen and oxygen atoms in total. The summed E-state index contributed by atoms with van der Waals surface area (Å²) in [6, 6.07) is 6.82. The second kappa shape index (κ2) is 4.09. The third-order valence-corrected chi connectivity index (χ3v) is 2.93. The van der Waals surface area contributed by atoms with Crippen molar-refractivity contribution in [1.82, 2.24) is 4.98 Å². The molecule has 80 valence electrons. The Balaban J connectivity index is 0.000000404.